The average Bonchev–Trinajstić information content (AvgIpc) is 3.28. The monoisotopic (exact) mass is 432 g/mol. The second kappa shape index (κ2) is 8.88. The van der Waals surface area contributed by atoms with Gasteiger partial charge in [-0.1, -0.05) is 6.07 Å². The van der Waals surface area contributed by atoms with E-state index in [1.807, 2.05) is 31.2 Å². The minimum atomic E-state index is -0.339. The van der Waals surface area contributed by atoms with Gasteiger partial charge in [0.15, 0.2) is 0 Å². The normalized spacial score (nSPS) is 12.3. The van der Waals surface area contributed by atoms with Gasteiger partial charge in [-0.3, -0.25) is 15.1 Å². The van der Waals surface area contributed by atoms with E-state index >= 15 is 0 Å². The Kier molecular flexibility index (Phi) is 5.84. The van der Waals surface area contributed by atoms with Crippen molar-refractivity contribution in [2.75, 3.05) is 26.0 Å². The number of hydrogen-bond donors (Lipinski definition) is 3. The Hall–Kier alpha value is -4.21. The molecule has 10 nitrogen and oxygen atoms in total. The van der Waals surface area contributed by atoms with Crippen molar-refractivity contribution in [3.8, 4) is 16.8 Å². The largest absolute Gasteiger partial charge is 0.345 e. The zero-order chi connectivity index (χ0) is 22.7. The van der Waals surface area contributed by atoms with Crippen molar-refractivity contribution in [3.05, 3.63) is 60.2 Å². The molecule has 3 N–H and O–H groups in total. The van der Waals surface area contributed by atoms with Gasteiger partial charge in [0.25, 0.3) is 5.91 Å². The number of hydrogen-bond acceptors (Lipinski definition) is 6. The lowest BCUT2D eigenvalue weighted by Crippen LogP contribution is -2.43. The summed E-state index contributed by atoms with van der Waals surface area (Å²) in [6.07, 6.45) is 6.74. The van der Waals surface area contributed by atoms with Gasteiger partial charge < -0.3 is 15.5 Å². The molecule has 1 aliphatic rings. The predicted octanol–water partition coefficient (Wildman–Crippen LogP) is 2.24. The van der Waals surface area contributed by atoms with E-state index in [0.29, 0.717) is 24.6 Å². The van der Waals surface area contributed by atoms with Crippen LogP contribution in [0.4, 0.5) is 10.5 Å². The van der Waals surface area contributed by atoms with Gasteiger partial charge in [0.1, 0.15) is 0 Å². The number of amides is 3. The van der Waals surface area contributed by atoms with E-state index in [0.717, 1.165) is 28.1 Å². The third-order valence-electron chi connectivity index (χ3n) is 4.90. The van der Waals surface area contributed by atoms with Crippen molar-refractivity contribution in [1.29, 1.82) is 0 Å². The Morgan fingerprint density at radius 3 is 2.78 bits per heavy atom. The summed E-state index contributed by atoms with van der Waals surface area (Å²) in [5.74, 6) is 0.206. The SMILES string of the molecule is CCNC(=O)NC1=NCc2cc(-c3cccnc3)cc(-n3cc(C(=O)N(C)C)cn3)c2N1. The molecule has 2 aromatic heterocycles. The van der Waals surface area contributed by atoms with Crippen molar-refractivity contribution in [2.24, 2.45) is 4.99 Å². The quantitative estimate of drug-likeness (QED) is 0.585. The molecule has 1 aromatic carbocycles. The number of carbonyl (C=O) groups is 2. The highest BCUT2D eigenvalue weighted by Gasteiger charge is 2.21. The summed E-state index contributed by atoms with van der Waals surface area (Å²) < 4.78 is 1.65. The number of pyridine rings is 1. The maximum atomic E-state index is 12.4. The Bertz CT molecular complexity index is 1180. The average molecular weight is 432 g/mol. The molecule has 0 radical (unpaired) electrons. The van der Waals surface area contributed by atoms with Crippen molar-refractivity contribution in [1.82, 2.24) is 30.3 Å². The fourth-order valence-corrected chi connectivity index (χ4v) is 3.36. The van der Waals surface area contributed by atoms with Gasteiger partial charge in [-0.2, -0.15) is 5.10 Å². The molecule has 3 amide bonds. The van der Waals surface area contributed by atoms with Crippen LogP contribution in [0.1, 0.15) is 22.8 Å². The zero-order valence-corrected chi connectivity index (χ0v) is 18.1. The van der Waals surface area contributed by atoms with Crippen molar-refractivity contribution < 1.29 is 9.59 Å². The van der Waals surface area contributed by atoms with Crippen LogP contribution in [0.2, 0.25) is 0 Å². The van der Waals surface area contributed by atoms with Gasteiger partial charge in [-0.25, -0.2) is 14.5 Å². The Balaban J connectivity index is 1.76. The van der Waals surface area contributed by atoms with E-state index < -0.39 is 0 Å². The van der Waals surface area contributed by atoms with Crippen LogP contribution in [0.5, 0.6) is 0 Å². The second-order valence-corrected chi connectivity index (χ2v) is 7.42. The second-order valence-electron chi connectivity index (χ2n) is 7.42. The van der Waals surface area contributed by atoms with Crippen LogP contribution >= 0.6 is 0 Å². The number of fused-ring (bicyclic) bond motifs is 1. The first-order chi connectivity index (χ1) is 15.5. The molecular formula is C22H24N8O2. The maximum absolute atomic E-state index is 12.4. The van der Waals surface area contributed by atoms with Gasteiger partial charge in [0.05, 0.1) is 29.7 Å². The number of rotatable bonds is 4. The van der Waals surface area contributed by atoms with Crippen molar-refractivity contribution in [3.63, 3.8) is 0 Å². The van der Waals surface area contributed by atoms with Crippen LogP contribution in [0.3, 0.4) is 0 Å². The highest BCUT2D eigenvalue weighted by atomic mass is 16.2. The van der Waals surface area contributed by atoms with Crippen LogP contribution in [0.15, 0.2) is 54.0 Å². The zero-order valence-electron chi connectivity index (χ0n) is 18.1. The van der Waals surface area contributed by atoms with Crippen LogP contribution in [-0.4, -0.2) is 58.2 Å². The first-order valence-corrected chi connectivity index (χ1v) is 10.2. The number of guanidine groups is 1. The number of nitrogens with zero attached hydrogens (tertiary/aromatic N) is 5. The summed E-state index contributed by atoms with van der Waals surface area (Å²) in [7, 11) is 3.39. The lowest BCUT2D eigenvalue weighted by molar-refractivity contribution is 0.0827. The van der Waals surface area contributed by atoms with Crippen LogP contribution in [-0.2, 0) is 6.54 Å². The fraction of sp³-hybridized carbons (Fsp3) is 0.227. The highest BCUT2D eigenvalue weighted by molar-refractivity contribution is 6.06. The van der Waals surface area contributed by atoms with E-state index in [2.05, 4.69) is 31.0 Å². The molecular weight excluding hydrogens is 408 g/mol. The molecule has 0 bridgehead atoms. The lowest BCUT2D eigenvalue weighted by atomic mass is 10.0. The molecule has 0 aliphatic carbocycles. The number of nitrogens with one attached hydrogen (secondary N) is 3. The van der Waals surface area contributed by atoms with Gasteiger partial charge in [0.2, 0.25) is 5.96 Å². The van der Waals surface area contributed by atoms with Gasteiger partial charge >= 0.3 is 6.03 Å². The van der Waals surface area contributed by atoms with Gasteiger partial charge in [0, 0.05) is 50.4 Å². The van der Waals surface area contributed by atoms with Crippen LogP contribution in [0.25, 0.3) is 16.8 Å². The first kappa shape index (κ1) is 21.0. The molecule has 10 heteroatoms. The lowest BCUT2D eigenvalue weighted by Gasteiger charge is -2.23. The van der Waals surface area contributed by atoms with Crippen LogP contribution < -0.4 is 16.0 Å². The first-order valence-electron chi connectivity index (χ1n) is 10.2. The predicted molar refractivity (Wildman–Crippen MR) is 122 cm³/mol. The van der Waals surface area contributed by atoms with Crippen molar-refractivity contribution >= 4 is 23.6 Å². The molecule has 0 saturated carbocycles. The Morgan fingerprint density at radius 1 is 1.22 bits per heavy atom. The van der Waals surface area contributed by atoms with E-state index in [9.17, 15) is 9.59 Å². The minimum Gasteiger partial charge on any atom is -0.345 e. The van der Waals surface area contributed by atoms with Gasteiger partial charge in [-0.05, 0) is 30.7 Å². The number of aliphatic imine (C=N–C) groups is 1. The summed E-state index contributed by atoms with van der Waals surface area (Å²) >= 11 is 0. The van der Waals surface area contributed by atoms with Crippen molar-refractivity contribution in [2.45, 2.75) is 13.5 Å². The summed E-state index contributed by atoms with van der Waals surface area (Å²) in [5.41, 5.74) is 4.78. The number of carbonyl (C=O) groups excluding carboxylic acids is 2. The summed E-state index contributed by atoms with van der Waals surface area (Å²) in [6, 6.07) is 7.51. The summed E-state index contributed by atoms with van der Waals surface area (Å²) in [5, 5.41) is 13.0. The van der Waals surface area contributed by atoms with E-state index in [-0.39, 0.29) is 11.9 Å². The molecule has 0 spiro atoms. The number of aromatic nitrogens is 3. The molecule has 0 fully saturated rings. The third kappa shape index (κ3) is 4.29. The fourth-order valence-electron chi connectivity index (χ4n) is 3.36. The molecule has 4 rings (SSSR count). The standard InChI is InChI=1S/C22H24N8O2/c1-4-24-22(32)28-21-25-11-16-8-15(14-6-5-7-23-10-14)9-18(19(16)27-21)30-13-17(12-26-30)20(31)29(2)3/h5-10,12-13H,4,11H2,1-3H3,(H3,24,25,27,28,32). The Morgan fingerprint density at radius 2 is 2.06 bits per heavy atom. The Labute approximate surface area is 185 Å². The molecule has 3 heterocycles. The van der Waals surface area contributed by atoms with Crippen LogP contribution in [0, 0.1) is 0 Å². The molecule has 0 atom stereocenters. The summed E-state index contributed by atoms with van der Waals surface area (Å²) in [4.78, 5) is 34.5. The minimum absolute atomic E-state index is 0.137. The molecule has 3 aromatic rings. The summed E-state index contributed by atoms with van der Waals surface area (Å²) in [6.45, 7) is 2.72. The van der Waals surface area contributed by atoms with E-state index in [1.165, 1.54) is 11.1 Å². The third-order valence-corrected chi connectivity index (χ3v) is 4.90. The molecule has 164 valence electrons. The number of anilines is 1. The molecule has 1 aliphatic heterocycles. The maximum Gasteiger partial charge on any atom is 0.321 e. The number of benzene rings is 1. The van der Waals surface area contributed by atoms with E-state index in [1.54, 1.807) is 37.4 Å². The highest BCUT2D eigenvalue weighted by Crippen LogP contribution is 2.33. The topological polar surface area (TPSA) is 117 Å². The number of urea groups is 1. The molecule has 0 unspecified atom stereocenters. The molecule has 32 heavy (non-hydrogen) atoms. The van der Waals surface area contributed by atoms with E-state index in [4.69, 9.17) is 0 Å². The van der Waals surface area contributed by atoms with Gasteiger partial charge in [-0.15, -0.1) is 0 Å². The molecule has 0 saturated heterocycles. The smallest absolute Gasteiger partial charge is 0.321 e.